The molecule has 0 unspecified atom stereocenters. The Labute approximate surface area is 95.1 Å². The summed E-state index contributed by atoms with van der Waals surface area (Å²) in [6.07, 6.45) is 0. The van der Waals surface area contributed by atoms with Gasteiger partial charge in [0, 0.05) is 0 Å². The third-order valence-corrected chi connectivity index (χ3v) is 4.37. The van der Waals surface area contributed by atoms with Crippen LogP contribution >= 0.6 is 0 Å². The van der Waals surface area contributed by atoms with Gasteiger partial charge in [0.2, 0.25) is 0 Å². The van der Waals surface area contributed by atoms with E-state index in [0.717, 1.165) is 6.07 Å². The molecule has 0 spiro atoms. The maximum absolute atomic E-state index is 12.7. The molecule has 1 rings (SSSR count). The molecular weight excluding hydrogens is 282 g/mol. The molecule has 1 aromatic carbocycles. The second-order valence-electron chi connectivity index (χ2n) is 2.85. The van der Waals surface area contributed by atoms with Crippen molar-refractivity contribution in [2.45, 2.75) is 6.61 Å². The van der Waals surface area contributed by atoms with Gasteiger partial charge in [-0.05, 0) is 17.7 Å². The topological polar surface area (TPSA) is 97.7 Å². The summed E-state index contributed by atoms with van der Waals surface area (Å²) in [5.41, 5.74) is -0.115. The van der Waals surface area contributed by atoms with Crippen molar-refractivity contribution in [1.29, 1.82) is 0 Å². The van der Waals surface area contributed by atoms with E-state index in [-0.39, 0.29) is 5.56 Å². The lowest BCUT2D eigenvalue weighted by molar-refractivity contribution is 0.312. The minimum Gasteiger partial charge on any atom is -0.272 e. The Morgan fingerprint density at radius 2 is 1.71 bits per heavy atom. The third kappa shape index (κ3) is 3.43. The maximum Gasteiger partial charge on any atom is 0.400 e. The number of benzene rings is 1. The smallest absolute Gasteiger partial charge is 0.272 e. The summed E-state index contributed by atoms with van der Waals surface area (Å²) in [6.45, 7) is -0.848. The van der Waals surface area contributed by atoms with Gasteiger partial charge in [-0.25, -0.2) is 8.78 Å². The van der Waals surface area contributed by atoms with Crippen molar-refractivity contribution >= 4 is 18.3 Å². The molecule has 0 aliphatic rings. The van der Waals surface area contributed by atoms with Crippen LogP contribution in [0.5, 0.6) is 0 Å². The quantitative estimate of drug-likeness (QED) is 0.644. The maximum atomic E-state index is 12.7. The molecule has 0 saturated carbocycles. The summed E-state index contributed by atoms with van der Waals surface area (Å²) in [7, 11) is -10.6. The molecule has 0 bridgehead atoms. The largest absolute Gasteiger partial charge is 0.400 e. The molecule has 0 fully saturated rings. The molecule has 0 saturated heterocycles. The van der Waals surface area contributed by atoms with E-state index in [1.807, 2.05) is 0 Å². The minimum atomic E-state index is -5.41. The summed E-state index contributed by atoms with van der Waals surface area (Å²) in [4.78, 5) is 0. The lowest BCUT2D eigenvalue weighted by Crippen LogP contribution is -2.17. The zero-order valence-corrected chi connectivity index (χ0v) is 9.63. The fraction of sp³-hybridized carbons (Fsp3) is 0.143. The number of rotatable bonds is 4. The summed E-state index contributed by atoms with van der Waals surface area (Å²) >= 11 is 0. The van der Waals surface area contributed by atoms with Crippen LogP contribution in [-0.4, -0.2) is 21.4 Å². The SMILES string of the molecule is O=S(=O)(O)S(=O)(=O)OCc1ccc(F)c(F)c1. The van der Waals surface area contributed by atoms with Gasteiger partial charge >= 0.3 is 18.3 Å². The molecular formula is C7H6F2O6S2. The van der Waals surface area contributed by atoms with E-state index in [9.17, 15) is 25.6 Å². The van der Waals surface area contributed by atoms with Crippen molar-refractivity contribution in [2.75, 3.05) is 0 Å². The van der Waals surface area contributed by atoms with Gasteiger partial charge in [-0.2, -0.15) is 16.8 Å². The van der Waals surface area contributed by atoms with Gasteiger partial charge in [-0.1, -0.05) is 6.07 Å². The van der Waals surface area contributed by atoms with Crippen LogP contribution in [0.25, 0.3) is 0 Å². The van der Waals surface area contributed by atoms with Crippen LogP contribution in [0.3, 0.4) is 0 Å². The molecule has 6 nitrogen and oxygen atoms in total. The van der Waals surface area contributed by atoms with Crippen molar-refractivity contribution in [1.82, 2.24) is 0 Å². The zero-order valence-electron chi connectivity index (χ0n) is 8.00. The van der Waals surface area contributed by atoms with Gasteiger partial charge in [-0.3, -0.25) is 8.74 Å². The average Bonchev–Trinajstić information content (AvgIpc) is 2.18. The average molecular weight is 288 g/mol. The van der Waals surface area contributed by atoms with Crippen LogP contribution < -0.4 is 0 Å². The van der Waals surface area contributed by atoms with Gasteiger partial charge < -0.3 is 0 Å². The Kier molecular flexibility index (Phi) is 3.81. The zero-order chi connectivity index (χ0) is 13.3. The molecule has 0 amide bonds. The van der Waals surface area contributed by atoms with Crippen molar-refractivity contribution in [2.24, 2.45) is 0 Å². The fourth-order valence-electron chi connectivity index (χ4n) is 0.830. The number of hydrogen-bond acceptors (Lipinski definition) is 5. The predicted octanol–water partition coefficient (Wildman–Crippen LogP) is 0.614. The fourth-order valence-corrected chi connectivity index (χ4v) is 1.74. The second-order valence-corrected chi connectivity index (χ2v) is 7.24. The highest BCUT2D eigenvalue weighted by molar-refractivity contribution is 8.63. The standard InChI is InChI=1S/C7H6F2O6S2/c8-6-2-1-5(3-7(6)9)4-15-17(13,14)16(10,11)12/h1-3H,4H2,(H,10,11,12). The first-order valence-electron chi connectivity index (χ1n) is 3.94. The highest BCUT2D eigenvalue weighted by Crippen LogP contribution is 2.12. The monoisotopic (exact) mass is 288 g/mol. The van der Waals surface area contributed by atoms with Crippen molar-refractivity contribution in [3.05, 3.63) is 35.4 Å². The van der Waals surface area contributed by atoms with Gasteiger partial charge in [0.15, 0.2) is 11.6 Å². The first-order chi connectivity index (χ1) is 7.63. The molecule has 10 heteroatoms. The summed E-state index contributed by atoms with van der Waals surface area (Å²) < 4.78 is 79.5. The van der Waals surface area contributed by atoms with Gasteiger partial charge in [0.1, 0.15) is 0 Å². The van der Waals surface area contributed by atoms with Gasteiger partial charge in [0.25, 0.3) is 0 Å². The molecule has 17 heavy (non-hydrogen) atoms. The second kappa shape index (κ2) is 4.64. The molecule has 0 radical (unpaired) electrons. The molecule has 1 N–H and O–H groups in total. The Hall–Kier alpha value is -1.10. The van der Waals surface area contributed by atoms with E-state index in [1.165, 1.54) is 0 Å². The summed E-state index contributed by atoms with van der Waals surface area (Å²) in [6, 6.07) is 2.35. The number of hydrogen-bond donors (Lipinski definition) is 1. The van der Waals surface area contributed by atoms with Gasteiger partial charge in [0.05, 0.1) is 6.61 Å². The first-order valence-corrected chi connectivity index (χ1v) is 7.31. The van der Waals surface area contributed by atoms with Gasteiger partial charge in [-0.15, -0.1) is 0 Å². The lowest BCUT2D eigenvalue weighted by atomic mass is 10.2. The van der Waals surface area contributed by atoms with E-state index in [4.69, 9.17) is 4.55 Å². The minimum absolute atomic E-state index is 0.115. The summed E-state index contributed by atoms with van der Waals surface area (Å²) in [5.74, 6) is -2.39. The molecule has 0 atom stereocenters. The van der Waals surface area contributed by atoms with Crippen LogP contribution in [0, 0.1) is 11.6 Å². The Morgan fingerprint density at radius 3 is 2.18 bits per heavy atom. The normalized spacial score (nSPS) is 12.6. The molecule has 0 aromatic heterocycles. The van der Waals surface area contributed by atoms with E-state index in [1.54, 1.807) is 0 Å². The van der Waals surface area contributed by atoms with E-state index in [0.29, 0.717) is 12.1 Å². The third-order valence-electron chi connectivity index (χ3n) is 1.61. The number of halogens is 2. The van der Waals surface area contributed by atoms with E-state index in [2.05, 4.69) is 4.18 Å². The molecule has 0 aliphatic carbocycles. The van der Waals surface area contributed by atoms with Crippen molar-refractivity contribution < 1.29 is 34.4 Å². The van der Waals surface area contributed by atoms with E-state index < -0.39 is 36.5 Å². The highest BCUT2D eigenvalue weighted by Gasteiger charge is 2.28. The molecule has 96 valence electrons. The van der Waals surface area contributed by atoms with Crippen LogP contribution in [-0.2, 0) is 29.1 Å². The lowest BCUT2D eigenvalue weighted by Gasteiger charge is -2.03. The van der Waals surface area contributed by atoms with Crippen LogP contribution in [0.2, 0.25) is 0 Å². The van der Waals surface area contributed by atoms with Crippen molar-refractivity contribution in [3.8, 4) is 0 Å². The first kappa shape index (κ1) is 14.0. The molecule has 1 aromatic rings. The van der Waals surface area contributed by atoms with Crippen LogP contribution in [0.15, 0.2) is 18.2 Å². The Balaban J connectivity index is 2.86. The van der Waals surface area contributed by atoms with Crippen LogP contribution in [0.4, 0.5) is 8.78 Å². The Bertz CT molecular complexity index is 622. The summed E-state index contributed by atoms with van der Waals surface area (Å²) in [5, 5.41) is 0. The predicted molar refractivity (Wildman–Crippen MR) is 51.6 cm³/mol. The van der Waals surface area contributed by atoms with Crippen molar-refractivity contribution in [3.63, 3.8) is 0 Å². The highest BCUT2D eigenvalue weighted by atomic mass is 33.2. The van der Waals surface area contributed by atoms with E-state index >= 15 is 0 Å². The van der Waals surface area contributed by atoms with Crippen LogP contribution in [0.1, 0.15) is 5.56 Å². The molecule has 0 aliphatic heterocycles. The molecule has 0 heterocycles. The Morgan fingerprint density at radius 1 is 1.12 bits per heavy atom.